The zero-order valence-corrected chi connectivity index (χ0v) is 31.1. The summed E-state index contributed by atoms with van der Waals surface area (Å²) in [6.45, 7) is 2.23. The van der Waals surface area contributed by atoms with Crippen molar-refractivity contribution in [2.75, 3.05) is 0 Å². The summed E-state index contributed by atoms with van der Waals surface area (Å²) >= 11 is 1.91. The van der Waals surface area contributed by atoms with Gasteiger partial charge in [0.15, 0.2) is 0 Å². The van der Waals surface area contributed by atoms with Crippen LogP contribution < -0.4 is 0 Å². The van der Waals surface area contributed by atoms with E-state index in [-0.39, 0.29) is 0 Å². The summed E-state index contributed by atoms with van der Waals surface area (Å²) in [5, 5.41) is 9.98. The van der Waals surface area contributed by atoms with Gasteiger partial charge in [0, 0.05) is 37.5 Å². The Labute approximate surface area is 323 Å². The highest BCUT2D eigenvalue weighted by molar-refractivity contribution is 7.26. The zero-order chi connectivity index (χ0) is 36.5. The van der Waals surface area contributed by atoms with E-state index in [1.807, 2.05) is 11.3 Å². The van der Waals surface area contributed by atoms with Gasteiger partial charge in [0.1, 0.15) is 0 Å². The molecular formula is C52H34N2S. The number of rotatable bonds is 5. The maximum absolute atomic E-state index is 5.66. The highest BCUT2D eigenvalue weighted by Gasteiger charge is 2.24. The summed E-state index contributed by atoms with van der Waals surface area (Å²) in [6, 6.07) is 63.6. The summed E-state index contributed by atoms with van der Waals surface area (Å²) in [5.41, 5.74) is 12.2. The standard InChI is InChI=1S/C52H34N2S/c1-32-14-5-9-22-39(32)48-41-24-11-12-25-42(41)49-43-29-36-18-6-7-19-37(36)30-47(43)55-52(49)44(48)31-46-50(38-21-13-20-35(28-38)33-15-3-2-4-16-33)53-45-27-26-34-17-8-10-23-40(34)51(45)54-46/h2-30H,31H2,1H3. The van der Waals surface area contributed by atoms with E-state index in [0.717, 1.165) is 38.9 Å². The van der Waals surface area contributed by atoms with E-state index in [4.69, 9.17) is 9.97 Å². The maximum atomic E-state index is 5.66. The van der Waals surface area contributed by atoms with Crippen LogP contribution in [0.25, 0.3) is 97.0 Å². The van der Waals surface area contributed by atoms with Crippen molar-refractivity contribution in [2.24, 2.45) is 0 Å². The lowest BCUT2D eigenvalue weighted by Crippen LogP contribution is -2.03. The number of aryl methyl sites for hydroxylation is 1. The first-order chi connectivity index (χ1) is 27.2. The first-order valence-electron chi connectivity index (χ1n) is 18.9. The molecule has 9 aromatic carbocycles. The Morgan fingerprint density at radius 2 is 1.16 bits per heavy atom. The normalized spacial score (nSPS) is 11.8. The van der Waals surface area contributed by atoms with Gasteiger partial charge in [-0.15, -0.1) is 11.3 Å². The molecule has 0 aliphatic carbocycles. The molecule has 0 bridgehead atoms. The summed E-state index contributed by atoms with van der Waals surface area (Å²) in [7, 11) is 0. The van der Waals surface area contributed by atoms with Crippen LogP contribution in [0.15, 0.2) is 176 Å². The van der Waals surface area contributed by atoms with Gasteiger partial charge < -0.3 is 0 Å². The highest BCUT2D eigenvalue weighted by atomic mass is 32.1. The molecular weight excluding hydrogens is 685 g/mol. The van der Waals surface area contributed by atoms with E-state index in [1.54, 1.807) is 0 Å². The molecule has 0 aliphatic rings. The number of nitrogens with zero attached hydrogens (tertiary/aromatic N) is 2. The van der Waals surface area contributed by atoms with Crippen LogP contribution in [-0.2, 0) is 6.42 Å². The molecule has 0 aliphatic heterocycles. The summed E-state index contributed by atoms with van der Waals surface area (Å²) < 4.78 is 2.61. The highest BCUT2D eigenvalue weighted by Crippen LogP contribution is 2.48. The lowest BCUT2D eigenvalue weighted by molar-refractivity contribution is 1.09. The second-order valence-corrected chi connectivity index (χ2v) is 15.6. The summed E-state index contributed by atoms with van der Waals surface area (Å²) in [4.78, 5) is 11.2. The minimum absolute atomic E-state index is 0.619. The second-order valence-electron chi connectivity index (χ2n) is 14.5. The van der Waals surface area contributed by atoms with E-state index in [0.29, 0.717) is 6.42 Å². The number of fused-ring (bicyclic) bond motifs is 9. The van der Waals surface area contributed by atoms with Gasteiger partial charge in [0.25, 0.3) is 0 Å². The van der Waals surface area contributed by atoms with Crippen LogP contribution in [0.5, 0.6) is 0 Å². The molecule has 0 fully saturated rings. The quantitative estimate of drug-likeness (QED) is 0.166. The summed E-state index contributed by atoms with van der Waals surface area (Å²) in [6.07, 6.45) is 0.619. The van der Waals surface area contributed by atoms with Crippen LogP contribution in [0, 0.1) is 6.92 Å². The van der Waals surface area contributed by atoms with Gasteiger partial charge in [-0.3, -0.25) is 0 Å². The Bertz CT molecular complexity index is 3300. The van der Waals surface area contributed by atoms with E-state index in [1.165, 1.54) is 74.9 Å². The van der Waals surface area contributed by atoms with Crippen LogP contribution >= 0.6 is 11.3 Å². The van der Waals surface area contributed by atoms with Gasteiger partial charge in [0.2, 0.25) is 0 Å². The fourth-order valence-corrected chi connectivity index (χ4v) is 9.91. The SMILES string of the molecule is Cc1ccccc1-c1c(Cc2nc3c(ccc4ccccc43)nc2-c2cccc(-c3ccccc3)c2)c2sc3cc4ccccc4cc3c2c2ccccc12. The number of hydrogen-bond acceptors (Lipinski definition) is 3. The Morgan fingerprint density at radius 3 is 2.00 bits per heavy atom. The smallest absolute Gasteiger partial charge is 0.0969 e. The van der Waals surface area contributed by atoms with Gasteiger partial charge in [-0.05, 0) is 91.5 Å². The molecule has 55 heavy (non-hydrogen) atoms. The van der Waals surface area contributed by atoms with Crippen LogP contribution in [-0.4, -0.2) is 9.97 Å². The fraction of sp³-hybridized carbons (Fsp3) is 0.0385. The van der Waals surface area contributed by atoms with Gasteiger partial charge in [-0.25, -0.2) is 9.97 Å². The van der Waals surface area contributed by atoms with Gasteiger partial charge in [-0.2, -0.15) is 0 Å². The number of aromatic nitrogens is 2. The van der Waals surface area contributed by atoms with E-state index in [9.17, 15) is 0 Å². The molecule has 0 radical (unpaired) electrons. The Kier molecular flexibility index (Phi) is 7.36. The van der Waals surface area contributed by atoms with Crippen LogP contribution in [0.1, 0.15) is 16.8 Å². The second kappa shape index (κ2) is 12.7. The molecule has 0 saturated carbocycles. The molecule has 2 heterocycles. The lowest BCUT2D eigenvalue weighted by Gasteiger charge is -2.19. The Morgan fingerprint density at radius 1 is 0.491 bits per heavy atom. The lowest BCUT2D eigenvalue weighted by atomic mass is 9.86. The van der Waals surface area contributed by atoms with Crippen molar-refractivity contribution in [3.63, 3.8) is 0 Å². The molecule has 11 rings (SSSR count). The minimum Gasteiger partial charge on any atom is -0.248 e. The molecule has 2 nitrogen and oxygen atoms in total. The molecule has 3 heteroatoms. The topological polar surface area (TPSA) is 25.8 Å². The summed E-state index contributed by atoms with van der Waals surface area (Å²) in [5.74, 6) is 0. The van der Waals surface area contributed by atoms with Crippen molar-refractivity contribution in [2.45, 2.75) is 13.3 Å². The molecule has 0 saturated heterocycles. The third kappa shape index (κ3) is 5.23. The maximum Gasteiger partial charge on any atom is 0.0969 e. The average molecular weight is 719 g/mol. The van der Waals surface area contributed by atoms with Crippen LogP contribution in [0.3, 0.4) is 0 Å². The molecule has 0 atom stereocenters. The van der Waals surface area contributed by atoms with Gasteiger partial charge in [-0.1, -0.05) is 152 Å². The van der Waals surface area contributed by atoms with E-state index >= 15 is 0 Å². The molecule has 2 aromatic heterocycles. The zero-order valence-electron chi connectivity index (χ0n) is 30.3. The Hall–Kier alpha value is -6.68. The molecule has 11 aromatic rings. The van der Waals surface area contributed by atoms with Gasteiger partial charge in [0.05, 0.1) is 22.4 Å². The third-order valence-electron chi connectivity index (χ3n) is 11.2. The minimum atomic E-state index is 0.619. The van der Waals surface area contributed by atoms with Crippen molar-refractivity contribution in [1.29, 1.82) is 0 Å². The molecule has 258 valence electrons. The van der Waals surface area contributed by atoms with Gasteiger partial charge >= 0.3 is 0 Å². The monoisotopic (exact) mass is 718 g/mol. The predicted octanol–water partition coefficient (Wildman–Crippen LogP) is 14.4. The first kappa shape index (κ1) is 31.8. The van der Waals surface area contributed by atoms with Crippen molar-refractivity contribution < 1.29 is 0 Å². The average Bonchev–Trinajstić information content (AvgIpc) is 3.62. The van der Waals surface area contributed by atoms with Crippen molar-refractivity contribution >= 4 is 74.9 Å². The first-order valence-corrected chi connectivity index (χ1v) is 19.7. The molecule has 0 amide bonds. The van der Waals surface area contributed by atoms with E-state index < -0.39 is 0 Å². The van der Waals surface area contributed by atoms with Crippen LogP contribution in [0.4, 0.5) is 0 Å². The van der Waals surface area contributed by atoms with E-state index in [2.05, 4.69) is 183 Å². The third-order valence-corrected chi connectivity index (χ3v) is 12.4. The predicted molar refractivity (Wildman–Crippen MR) is 235 cm³/mol. The molecule has 0 unspecified atom stereocenters. The van der Waals surface area contributed by atoms with Crippen molar-refractivity contribution in [3.05, 3.63) is 193 Å². The molecule has 0 spiro atoms. The van der Waals surface area contributed by atoms with Crippen LogP contribution in [0.2, 0.25) is 0 Å². The number of thiophene rings is 1. The Balaban J connectivity index is 1.26. The number of hydrogen-bond donors (Lipinski definition) is 0. The molecule has 0 N–H and O–H groups in total. The largest absolute Gasteiger partial charge is 0.248 e. The fourth-order valence-electron chi connectivity index (χ4n) is 8.61. The van der Waals surface area contributed by atoms with Crippen molar-refractivity contribution in [1.82, 2.24) is 9.97 Å². The number of benzene rings is 9. The van der Waals surface area contributed by atoms with Crippen molar-refractivity contribution in [3.8, 4) is 33.5 Å².